The number of hydrogen-bond acceptors (Lipinski definition) is 4. The summed E-state index contributed by atoms with van der Waals surface area (Å²) < 4.78 is 5.12. The van der Waals surface area contributed by atoms with E-state index in [1.165, 1.54) is 16.9 Å². The molecule has 22 heavy (non-hydrogen) atoms. The quantitative estimate of drug-likeness (QED) is 0.930. The van der Waals surface area contributed by atoms with Gasteiger partial charge in [0, 0.05) is 10.9 Å². The first-order valence-electron chi connectivity index (χ1n) is 7.43. The number of thiazole rings is 1. The van der Waals surface area contributed by atoms with Gasteiger partial charge in [-0.2, -0.15) is 0 Å². The molecule has 2 aromatic rings. The normalized spacial score (nSPS) is 16.4. The highest BCUT2D eigenvalue weighted by molar-refractivity contribution is 7.14. The minimum absolute atomic E-state index is 0.0187. The van der Waals surface area contributed by atoms with Gasteiger partial charge in [0.05, 0.1) is 24.3 Å². The van der Waals surface area contributed by atoms with Gasteiger partial charge >= 0.3 is 0 Å². The van der Waals surface area contributed by atoms with Gasteiger partial charge in [0.2, 0.25) is 5.91 Å². The second kappa shape index (κ2) is 5.82. The van der Waals surface area contributed by atoms with Gasteiger partial charge in [-0.3, -0.25) is 4.79 Å². The summed E-state index contributed by atoms with van der Waals surface area (Å²) >= 11 is 1.45. The minimum atomic E-state index is -0.412. The Hall–Kier alpha value is -1.72. The van der Waals surface area contributed by atoms with Crippen molar-refractivity contribution in [2.75, 3.05) is 18.5 Å². The lowest BCUT2D eigenvalue weighted by molar-refractivity contribution is -0.151. The van der Waals surface area contributed by atoms with Gasteiger partial charge in [-0.05, 0) is 18.4 Å². The monoisotopic (exact) mass is 316 g/mol. The van der Waals surface area contributed by atoms with Gasteiger partial charge < -0.3 is 10.1 Å². The van der Waals surface area contributed by atoms with Crippen molar-refractivity contribution in [2.45, 2.75) is 26.7 Å². The van der Waals surface area contributed by atoms with E-state index in [1.54, 1.807) is 0 Å². The van der Waals surface area contributed by atoms with E-state index in [2.05, 4.69) is 48.4 Å². The van der Waals surface area contributed by atoms with Crippen LogP contribution in [-0.2, 0) is 9.53 Å². The molecule has 3 rings (SSSR count). The van der Waals surface area contributed by atoms with Crippen LogP contribution >= 0.6 is 11.3 Å². The maximum Gasteiger partial charge on any atom is 0.236 e. The van der Waals surface area contributed by atoms with Crippen molar-refractivity contribution in [3.8, 4) is 11.3 Å². The summed E-state index contributed by atoms with van der Waals surface area (Å²) in [5.74, 6) is 0.500. The van der Waals surface area contributed by atoms with Crippen molar-refractivity contribution in [2.24, 2.45) is 5.41 Å². The topological polar surface area (TPSA) is 51.2 Å². The van der Waals surface area contributed by atoms with Gasteiger partial charge in [-0.1, -0.05) is 38.1 Å². The number of benzene rings is 1. The average molecular weight is 316 g/mol. The Morgan fingerprint density at radius 3 is 2.55 bits per heavy atom. The van der Waals surface area contributed by atoms with Gasteiger partial charge in [-0.15, -0.1) is 11.3 Å². The molecule has 5 heteroatoms. The Labute approximate surface area is 134 Å². The Balaban J connectivity index is 1.72. The maximum atomic E-state index is 12.2. The molecule has 116 valence electrons. The number of amides is 1. The molecule has 1 N–H and O–H groups in total. The molecule has 0 bridgehead atoms. The molecular weight excluding hydrogens is 296 g/mol. The van der Waals surface area contributed by atoms with Crippen LogP contribution in [-0.4, -0.2) is 24.1 Å². The van der Waals surface area contributed by atoms with Gasteiger partial charge in [-0.25, -0.2) is 4.98 Å². The van der Waals surface area contributed by atoms with Crippen molar-refractivity contribution in [3.63, 3.8) is 0 Å². The van der Waals surface area contributed by atoms with Gasteiger partial charge in [0.1, 0.15) is 0 Å². The minimum Gasteiger partial charge on any atom is -0.379 e. The molecule has 0 radical (unpaired) electrons. The number of aromatic nitrogens is 1. The number of hydrogen-bond donors (Lipinski definition) is 1. The highest BCUT2D eigenvalue weighted by Gasteiger charge is 2.41. The first-order chi connectivity index (χ1) is 10.5. The third-order valence-corrected chi connectivity index (χ3v) is 4.74. The summed E-state index contributed by atoms with van der Waals surface area (Å²) in [5, 5.41) is 5.50. The van der Waals surface area contributed by atoms with Crippen molar-refractivity contribution >= 4 is 22.4 Å². The lowest BCUT2D eigenvalue weighted by Crippen LogP contribution is -2.49. The lowest BCUT2D eigenvalue weighted by atomic mass is 9.88. The molecule has 0 spiro atoms. The summed E-state index contributed by atoms with van der Waals surface area (Å²) in [4.78, 5) is 16.7. The summed E-state index contributed by atoms with van der Waals surface area (Å²) in [5.41, 5.74) is 2.86. The van der Waals surface area contributed by atoms with E-state index in [-0.39, 0.29) is 5.91 Å². The fourth-order valence-electron chi connectivity index (χ4n) is 2.29. The van der Waals surface area contributed by atoms with E-state index in [9.17, 15) is 4.79 Å². The summed E-state index contributed by atoms with van der Waals surface area (Å²) in [6.45, 7) is 7.22. The van der Waals surface area contributed by atoms with Crippen LogP contribution in [0.2, 0.25) is 0 Å². The zero-order valence-corrected chi connectivity index (χ0v) is 13.9. The predicted octanol–water partition coefficient (Wildman–Crippen LogP) is 3.91. The summed E-state index contributed by atoms with van der Waals surface area (Å²) in [6, 6.07) is 8.42. The van der Waals surface area contributed by atoms with E-state index in [0.29, 0.717) is 24.3 Å². The molecule has 1 amide bonds. The van der Waals surface area contributed by atoms with Crippen LogP contribution in [0.3, 0.4) is 0 Å². The fraction of sp³-hybridized carbons (Fsp3) is 0.412. The number of anilines is 1. The van der Waals surface area contributed by atoms with Crippen LogP contribution in [0.25, 0.3) is 11.3 Å². The van der Waals surface area contributed by atoms with Gasteiger partial charge in [0.15, 0.2) is 5.13 Å². The standard InChI is InChI=1S/C17H20N2O2S/c1-11(2)12-4-6-13(7-5-12)14-8-22-16(18-14)19-15(20)17(3)9-21-10-17/h4-8,11H,9-10H2,1-3H3,(H,18,19,20). The first-order valence-corrected chi connectivity index (χ1v) is 8.31. The average Bonchev–Trinajstić information content (AvgIpc) is 2.93. The molecule has 1 fully saturated rings. The first kappa shape index (κ1) is 15.2. The molecule has 2 heterocycles. The molecule has 4 nitrogen and oxygen atoms in total. The van der Waals surface area contributed by atoms with Crippen molar-refractivity contribution < 1.29 is 9.53 Å². The largest absolute Gasteiger partial charge is 0.379 e. The summed E-state index contributed by atoms with van der Waals surface area (Å²) in [6.07, 6.45) is 0. The number of rotatable bonds is 4. The molecule has 0 saturated carbocycles. The Morgan fingerprint density at radius 2 is 2.00 bits per heavy atom. The van der Waals surface area contributed by atoms with E-state index in [0.717, 1.165) is 11.3 Å². The van der Waals surface area contributed by atoms with E-state index < -0.39 is 5.41 Å². The number of carbonyl (C=O) groups is 1. The second-order valence-electron chi connectivity index (χ2n) is 6.32. The van der Waals surface area contributed by atoms with Crippen LogP contribution in [0.4, 0.5) is 5.13 Å². The molecule has 0 aliphatic carbocycles. The SMILES string of the molecule is CC(C)c1ccc(-c2csc(NC(=O)C3(C)COC3)n2)cc1. The van der Waals surface area contributed by atoms with Crippen LogP contribution in [0, 0.1) is 5.41 Å². The highest BCUT2D eigenvalue weighted by Crippen LogP contribution is 2.30. The Kier molecular flexibility index (Phi) is 4.02. The fourth-order valence-corrected chi connectivity index (χ4v) is 3.00. The van der Waals surface area contributed by atoms with Crippen molar-refractivity contribution in [1.29, 1.82) is 0 Å². The predicted molar refractivity (Wildman–Crippen MR) is 89.2 cm³/mol. The lowest BCUT2D eigenvalue weighted by Gasteiger charge is -2.35. The third kappa shape index (κ3) is 2.91. The molecule has 1 aromatic carbocycles. The van der Waals surface area contributed by atoms with Crippen LogP contribution in [0.1, 0.15) is 32.3 Å². The third-order valence-electron chi connectivity index (χ3n) is 3.99. The zero-order chi connectivity index (χ0) is 15.7. The van der Waals surface area contributed by atoms with E-state index in [1.807, 2.05) is 12.3 Å². The molecule has 1 aliphatic rings. The number of carbonyl (C=O) groups excluding carboxylic acids is 1. The Morgan fingerprint density at radius 1 is 1.32 bits per heavy atom. The zero-order valence-electron chi connectivity index (χ0n) is 13.1. The molecule has 1 saturated heterocycles. The van der Waals surface area contributed by atoms with Crippen molar-refractivity contribution in [3.05, 3.63) is 35.2 Å². The van der Waals surface area contributed by atoms with Crippen LogP contribution < -0.4 is 5.32 Å². The molecular formula is C17H20N2O2S. The Bertz CT molecular complexity index is 672. The number of nitrogens with zero attached hydrogens (tertiary/aromatic N) is 1. The molecule has 0 atom stereocenters. The smallest absolute Gasteiger partial charge is 0.236 e. The number of ether oxygens (including phenoxy) is 1. The maximum absolute atomic E-state index is 12.2. The highest BCUT2D eigenvalue weighted by atomic mass is 32.1. The molecule has 1 aromatic heterocycles. The van der Waals surface area contributed by atoms with Crippen molar-refractivity contribution in [1.82, 2.24) is 4.98 Å². The van der Waals surface area contributed by atoms with E-state index >= 15 is 0 Å². The second-order valence-corrected chi connectivity index (χ2v) is 7.18. The van der Waals surface area contributed by atoms with Crippen LogP contribution in [0.15, 0.2) is 29.6 Å². The summed E-state index contributed by atoms with van der Waals surface area (Å²) in [7, 11) is 0. The molecule has 1 aliphatic heterocycles. The van der Waals surface area contributed by atoms with E-state index in [4.69, 9.17) is 4.74 Å². The van der Waals surface area contributed by atoms with Gasteiger partial charge in [0.25, 0.3) is 0 Å². The molecule has 0 unspecified atom stereocenters. The number of nitrogens with one attached hydrogen (secondary N) is 1. The van der Waals surface area contributed by atoms with Crippen LogP contribution in [0.5, 0.6) is 0 Å².